The van der Waals surface area contributed by atoms with Crippen LogP contribution in [0.1, 0.15) is 32.6 Å². The zero-order chi connectivity index (χ0) is 12.9. The molecule has 0 aromatic rings. The van der Waals surface area contributed by atoms with Crippen molar-refractivity contribution in [1.29, 1.82) is 0 Å². The minimum atomic E-state index is -3.51. The maximum Gasteiger partial charge on any atom is 0.240 e. The van der Waals surface area contributed by atoms with E-state index < -0.39 is 15.6 Å². The summed E-state index contributed by atoms with van der Waals surface area (Å²) >= 11 is 0. The van der Waals surface area contributed by atoms with Crippen LogP contribution >= 0.6 is 0 Å². The molecule has 1 amide bonds. The number of amides is 1. The number of hydrogen-bond donors (Lipinski definition) is 3. The Morgan fingerprint density at radius 3 is 2.71 bits per heavy atom. The van der Waals surface area contributed by atoms with Crippen LogP contribution in [0, 0.1) is 0 Å². The zero-order valence-corrected chi connectivity index (χ0v) is 11.0. The van der Waals surface area contributed by atoms with Crippen LogP contribution in [0.15, 0.2) is 0 Å². The van der Waals surface area contributed by atoms with E-state index in [0.717, 1.165) is 32.2 Å². The molecule has 1 heterocycles. The Hall–Kier alpha value is -0.660. The fourth-order valence-corrected chi connectivity index (χ4v) is 2.62. The van der Waals surface area contributed by atoms with Gasteiger partial charge in [0, 0.05) is 6.54 Å². The molecule has 1 saturated heterocycles. The van der Waals surface area contributed by atoms with Crippen LogP contribution in [0.2, 0.25) is 0 Å². The Labute approximate surface area is 102 Å². The number of rotatable bonds is 6. The third-order valence-corrected chi connectivity index (χ3v) is 3.80. The van der Waals surface area contributed by atoms with Crippen LogP contribution in [-0.4, -0.2) is 38.7 Å². The van der Waals surface area contributed by atoms with Crippen LogP contribution in [0.4, 0.5) is 0 Å². The lowest BCUT2D eigenvalue weighted by Gasteiger charge is -2.27. The van der Waals surface area contributed by atoms with Gasteiger partial charge in [-0.05, 0) is 25.8 Å². The molecule has 0 radical (unpaired) electrons. The maximum absolute atomic E-state index is 12.0. The first-order valence-corrected chi connectivity index (χ1v) is 7.65. The standard InChI is InChI=1S/C10H21N3O3S/c1-2-4-10(5-3-6-13-10)9(14)12-7-8-17(11,15)16/h13H,2-8H2,1H3,(H,12,14)(H2,11,15,16). The minimum Gasteiger partial charge on any atom is -0.353 e. The largest absolute Gasteiger partial charge is 0.353 e. The summed E-state index contributed by atoms with van der Waals surface area (Å²) in [6.45, 7) is 2.94. The highest BCUT2D eigenvalue weighted by molar-refractivity contribution is 7.89. The van der Waals surface area contributed by atoms with Gasteiger partial charge in [-0.3, -0.25) is 4.79 Å². The van der Waals surface area contributed by atoms with Gasteiger partial charge in [-0.1, -0.05) is 13.3 Å². The smallest absolute Gasteiger partial charge is 0.240 e. The van der Waals surface area contributed by atoms with Gasteiger partial charge >= 0.3 is 0 Å². The second kappa shape index (κ2) is 5.79. The lowest BCUT2D eigenvalue weighted by molar-refractivity contribution is -0.127. The van der Waals surface area contributed by atoms with Crippen LogP contribution in [0.25, 0.3) is 0 Å². The first-order chi connectivity index (χ1) is 7.90. The lowest BCUT2D eigenvalue weighted by Crippen LogP contribution is -2.54. The number of primary sulfonamides is 1. The van der Waals surface area contributed by atoms with Crippen molar-refractivity contribution in [1.82, 2.24) is 10.6 Å². The van der Waals surface area contributed by atoms with Crippen LogP contribution in [0.3, 0.4) is 0 Å². The highest BCUT2D eigenvalue weighted by Gasteiger charge is 2.39. The Kier molecular flexibility index (Phi) is 4.91. The summed E-state index contributed by atoms with van der Waals surface area (Å²) < 4.78 is 21.5. The van der Waals surface area contributed by atoms with Crippen molar-refractivity contribution < 1.29 is 13.2 Å². The monoisotopic (exact) mass is 263 g/mol. The molecule has 1 fully saturated rings. The van der Waals surface area contributed by atoms with E-state index in [4.69, 9.17) is 5.14 Å². The molecule has 7 heteroatoms. The average molecular weight is 263 g/mol. The highest BCUT2D eigenvalue weighted by Crippen LogP contribution is 2.24. The van der Waals surface area contributed by atoms with E-state index in [-0.39, 0.29) is 18.2 Å². The van der Waals surface area contributed by atoms with Crippen LogP contribution in [0.5, 0.6) is 0 Å². The van der Waals surface area contributed by atoms with Crippen LogP contribution < -0.4 is 15.8 Å². The topological polar surface area (TPSA) is 101 Å². The number of nitrogens with two attached hydrogens (primary N) is 1. The van der Waals surface area contributed by atoms with Gasteiger partial charge in [0.25, 0.3) is 0 Å². The summed E-state index contributed by atoms with van der Waals surface area (Å²) in [6, 6.07) is 0. The second-order valence-electron chi connectivity index (χ2n) is 4.49. The van der Waals surface area contributed by atoms with E-state index in [9.17, 15) is 13.2 Å². The Morgan fingerprint density at radius 1 is 1.53 bits per heavy atom. The molecule has 4 N–H and O–H groups in total. The van der Waals surface area contributed by atoms with Crippen molar-refractivity contribution in [2.24, 2.45) is 5.14 Å². The number of carbonyl (C=O) groups is 1. The third kappa shape index (κ3) is 4.25. The lowest BCUT2D eigenvalue weighted by atomic mass is 9.91. The van der Waals surface area contributed by atoms with E-state index in [1.54, 1.807) is 0 Å². The fraction of sp³-hybridized carbons (Fsp3) is 0.900. The first-order valence-electron chi connectivity index (χ1n) is 5.93. The van der Waals surface area contributed by atoms with Gasteiger partial charge in [0.15, 0.2) is 0 Å². The van der Waals surface area contributed by atoms with Gasteiger partial charge in [0.1, 0.15) is 0 Å². The number of sulfonamides is 1. The van der Waals surface area contributed by atoms with Crippen molar-refractivity contribution in [2.45, 2.75) is 38.1 Å². The predicted octanol–water partition coefficient (Wildman–Crippen LogP) is -0.687. The Bertz CT molecular complexity index is 361. The molecule has 6 nitrogen and oxygen atoms in total. The molecule has 0 aliphatic carbocycles. The molecule has 0 spiro atoms. The molecule has 1 unspecified atom stereocenters. The number of carbonyl (C=O) groups excluding carboxylic acids is 1. The Morgan fingerprint density at radius 2 is 2.24 bits per heavy atom. The van der Waals surface area contributed by atoms with Crippen molar-refractivity contribution in [2.75, 3.05) is 18.8 Å². The molecular weight excluding hydrogens is 242 g/mol. The summed E-state index contributed by atoms with van der Waals surface area (Å²) in [6.07, 6.45) is 3.47. The zero-order valence-electron chi connectivity index (χ0n) is 10.2. The molecule has 1 rings (SSSR count). The van der Waals surface area contributed by atoms with Crippen molar-refractivity contribution >= 4 is 15.9 Å². The molecule has 0 saturated carbocycles. The Balaban J connectivity index is 2.49. The molecule has 0 bridgehead atoms. The van der Waals surface area contributed by atoms with Crippen molar-refractivity contribution in [3.8, 4) is 0 Å². The number of nitrogens with one attached hydrogen (secondary N) is 2. The van der Waals surface area contributed by atoms with E-state index in [2.05, 4.69) is 10.6 Å². The SMILES string of the molecule is CCCC1(C(=O)NCCS(N)(=O)=O)CCCN1. The molecule has 0 aromatic carbocycles. The van der Waals surface area contributed by atoms with Crippen LogP contribution in [-0.2, 0) is 14.8 Å². The maximum atomic E-state index is 12.0. The summed E-state index contributed by atoms with van der Waals surface area (Å²) in [4.78, 5) is 12.0. The van der Waals surface area contributed by atoms with E-state index in [1.807, 2.05) is 6.92 Å². The van der Waals surface area contributed by atoms with Gasteiger partial charge in [-0.15, -0.1) is 0 Å². The molecule has 100 valence electrons. The van der Waals surface area contributed by atoms with E-state index in [0.29, 0.717) is 0 Å². The van der Waals surface area contributed by atoms with Gasteiger partial charge < -0.3 is 10.6 Å². The van der Waals surface area contributed by atoms with Gasteiger partial charge in [-0.2, -0.15) is 0 Å². The summed E-state index contributed by atoms with van der Waals surface area (Å²) in [5.41, 5.74) is -0.507. The molecule has 1 atom stereocenters. The molecular formula is C10H21N3O3S. The average Bonchev–Trinajstić information content (AvgIpc) is 2.66. The fourth-order valence-electron chi connectivity index (χ4n) is 2.23. The second-order valence-corrected chi connectivity index (χ2v) is 6.22. The first kappa shape index (κ1) is 14.4. The summed E-state index contributed by atoms with van der Waals surface area (Å²) in [7, 11) is -3.51. The third-order valence-electron chi connectivity index (χ3n) is 3.03. The highest BCUT2D eigenvalue weighted by atomic mass is 32.2. The molecule has 1 aliphatic rings. The normalized spacial score (nSPS) is 24.8. The molecule has 17 heavy (non-hydrogen) atoms. The van der Waals surface area contributed by atoms with E-state index >= 15 is 0 Å². The quantitative estimate of drug-likeness (QED) is 0.590. The molecule has 0 aromatic heterocycles. The minimum absolute atomic E-state index is 0.0742. The summed E-state index contributed by atoms with van der Waals surface area (Å²) in [5, 5.41) is 10.7. The van der Waals surface area contributed by atoms with E-state index in [1.165, 1.54) is 0 Å². The van der Waals surface area contributed by atoms with Gasteiger partial charge in [0.05, 0.1) is 11.3 Å². The van der Waals surface area contributed by atoms with Gasteiger partial charge in [0.2, 0.25) is 15.9 Å². The summed E-state index contributed by atoms with van der Waals surface area (Å²) in [5.74, 6) is -0.332. The predicted molar refractivity (Wildman–Crippen MR) is 65.9 cm³/mol. The van der Waals surface area contributed by atoms with Crippen molar-refractivity contribution in [3.05, 3.63) is 0 Å². The van der Waals surface area contributed by atoms with Gasteiger partial charge in [-0.25, -0.2) is 13.6 Å². The van der Waals surface area contributed by atoms with Crippen molar-refractivity contribution in [3.63, 3.8) is 0 Å². The molecule has 1 aliphatic heterocycles. The number of hydrogen-bond acceptors (Lipinski definition) is 4.